The van der Waals surface area contributed by atoms with Crippen molar-refractivity contribution in [2.45, 2.75) is 6.42 Å². The number of esters is 1. The first kappa shape index (κ1) is 27.6. The van der Waals surface area contributed by atoms with Crippen LogP contribution in [0.5, 0.6) is 0 Å². The molecule has 1 saturated carbocycles. The van der Waals surface area contributed by atoms with Gasteiger partial charge in [-0.2, -0.15) is 0 Å². The lowest BCUT2D eigenvalue weighted by Crippen LogP contribution is -2.32. The number of hydrogen-bond acceptors (Lipinski definition) is 8. The Hall–Kier alpha value is -5.22. The Kier molecular flexibility index (Phi) is 6.58. The second-order valence-electron chi connectivity index (χ2n) is 11.1. The summed E-state index contributed by atoms with van der Waals surface area (Å²) in [6.07, 6.45) is 4.96. The van der Waals surface area contributed by atoms with Gasteiger partial charge in [-0.3, -0.25) is 29.4 Å². The summed E-state index contributed by atoms with van der Waals surface area (Å²) in [6, 6.07) is 18.3. The molecule has 7 rings (SSSR count). The Morgan fingerprint density at radius 3 is 2.23 bits per heavy atom. The summed E-state index contributed by atoms with van der Waals surface area (Å²) in [4.78, 5) is 68.6. The molecule has 44 heavy (non-hydrogen) atoms. The van der Waals surface area contributed by atoms with Crippen LogP contribution in [0, 0.1) is 33.8 Å². The number of rotatable bonds is 7. The fourth-order valence-corrected chi connectivity index (χ4v) is 6.69. The number of allylic oxidation sites excluding steroid dienone is 2. The van der Waals surface area contributed by atoms with E-state index >= 15 is 0 Å². The topological polar surface area (TPSA) is 137 Å². The van der Waals surface area contributed by atoms with Crippen LogP contribution in [0.4, 0.5) is 11.4 Å². The van der Waals surface area contributed by atoms with Gasteiger partial charge >= 0.3 is 5.97 Å². The maximum absolute atomic E-state index is 13.3. The molecule has 2 heterocycles. The number of anilines is 1. The van der Waals surface area contributed by atoms with Crippen LogP contribution in [0.3, 0.4) is 0 Å². The summed E-state index contributed by atoms with van der Waals surface area (Å²) >= 11 is 6.21. The van der Waals surface area contributed by atoms with Crippen LogP contribution in [0.15, 0.2) is 84.9 Å². The van der Waals surface area contributed by atoms with E-state index in [2.05, 4.69) is 17.1 Å². The Balaban J connectivity index is 1.14. The van der Waals surface area contributed by atoms with Gasteiger partial charge in [0, 0.05) is 33.7 Å². The van der Waals surface area contributed by atoms with Crippen molar-refractivity contribution in [2.24, 2.45) is 23.7 Å². The van der Waals surface area contributed by atoms with Gasteiger partial charge in [0.1, 0.15) is 0 Å². The fourth-order valence-electron chi connectivity index (χ4n) is 6.51. The predicted molar refractivity (Wildman–Crippen MR) is 160 cm³/mol. The molecule has 2 fully saturated rings. The molecule has 1 aromatic heterocycles. The number of nitro groups is 1. The van der Waals surface area contributed by atoms with Crippen molar-refractivity contribution in [2.75, 3.05) is 11.5 Å². The number of fused-ring (bicyclic) bond motifs is 6. The third-order valence-corrected chi connectivity index (χ3v) is 8.85. The van der Waals surface area contributed by atoms with E-state index in [4.69, 9.17) is 16.3 Å². The van der Waals surface area contributed by atoms with E-state index in [1.54, 1.807) is 42.5 Å². The quantitative estimate of drug-likeness (QED) is 0.0640. The molecule has 218 valence electrons. The van der Waals surface area contributed by atoms with Crippen LogP contribution in [-0.2, 0) is 14.3 Å². The molecule has 4 unspecified atom stereocenters. The Morgan fingerprint density at radius 1 is 0.932 bits per heavy atom. The van der Waals surface area contributed by atoms with Crippen molar-refractivity contribution in [3.05, 3.63) is 111 Å². The number of halogens is 1. The number of pyridine rings is 1. The van der Waals surface area contributed by atoms with Crippen molar-refractivity contribution in [1.82, 2.24) is 4.98 Å². The highest BCUT2D eigenvalue weighted by atomic mass is 35.5. The number of nitrogens with zero attached hydrogens (tertiary/aromatic N) is 3. The van der Waals surface area contributed by atoms with Crippen molar-refractivity contribution >= 4 is 57.4 Å². The van der Waals surface area contributed by atoms with Crippen molar-refractivity contribution < 1.29 is 28.8 Å². The number of carbonyl (C=O) groups is 4. The van der Waals surface area contributed by atoms with Gasteiger partial charge < -0.3 is 4.74 Å². The zero-order chi connectivity index (χ0) is 30.7. The van der Waals surface area contributed by atoms with Crippen LogP contribution in [0.2, 0.25) is 5.02 Å². The third-order valence-electron chi connectivity index (χ3n) is 8.62. The lowest BCUT2D eigenvalue weighted by atomic mass is 9.85. The first-order chi connectivity index (χ1) is 21.2. The molecular formula is C33H22ClN3O7. The zero-order valence-corrected chi connectivity index (χ0v) is 23.6. The summed E-state index contributed by atoms with van der Waals surface area (Å²) in [5.74, 6) is -2.02. The largest absolute Gasteiger partial charge is 0.454 e. The van der Waals surface area contributed by atoms with E-state index in [9.17, 15) is 29.3 Å². The van der Waals surface area contributed by atoms with E-state index in [1.165, 1.54) is 35.2 Å². The molecule has 2 amide bonds. The Bertz CT molecular complexity index is 1910. The van der Waals surface area contributed by atoms with Gasteiger partial charge in [0.2, 0.25) is 11.8 Å². The average Bonchev–Trinajstić information content (AvgIpc) is 3.72. The van der Waals surface area contributed by atoms with E-state index in [1.807, 2.05) is 0 Å². The number of non-ortho nitro benzene ring substituents is 1. The second kappa shape index (κ2) is 10.5. The smallest absolute Gasteiger partial charge is 0.339 e. The minimum Gasteiger partial charge on any atom is -0.454 e. The number of benzene rings is 3. The van der Waals surface area contributed by atoms with Crippen LogP contribution in [0.1, 0.15) is 27.1 Å². The van der Waals surface area contributed by atoms with E-state index in [0.29, 0.717) is 32.9 Å². The molecular weight excluding hydrogens is 586 g/mol. The molecule has 3 aliphatic rings. The number of carbonyl (C=O) groups excluding carboxylic acids is 4. The fraction of sp³-hybridized carbons (Fsp3) is 0.182. The standard InChI is InChI=1S/C33H22ClN3O7/c34-21-7-12-26-24(14-21)25(33(41)44-16-28(38)18-5-10-23(11-6-18)37(42)43)15-27(35-26)17-3-8-22(9-4-17)36-31(39)29-19-1-2-20(13-19)30(29)32(36)40/h1-12,14-15,19-20,29-30H,13,16H2. The Labute approximate surface area is 255 Å². The summed E-state index contributed by atoms with van der Waals surface area (Å²) in [6.45, 7) is -0.581. The van der Waals surface area contributed by atoms with Crippen molar-refractivity contribution in [3.8, 4) is 11.3 Å². The molecule has 10 nitrogen and oxygen atoms in total. The van der Waals surface area contributed by atoms with Crippen LogP contribution in [-0.4, -0.2) is 40.1 Å². The highest BCUT2D eigenvalue weighted by Crippen LogP contribution is 2.53. The van der Waals surface area contributed by atoms with E-state index < -0.39 is 23.3 Å². The van der Waals surface area contributed by atoms with E-state index in [-0.39, 0.29) is 52.3 Å². The molecule has 3 aromatic carbocycles. The Morgan fingerprint density at radius 2 is 1.59 bits per heavy atom. The van der Waals surface area contributed by atoms with Gasteiger partial charge in [0.05, 0.1) is 39.2 Å². The lowest BCUT2D eigenvalue weighted by Gasteiger charge is -2.17. The zero-order valence-electron chi connectivity index (χ0n) is 22.9. The van der Waals surface area contributed by atoms with Gasteiger partial charge in [0.15, 0.2) is 12.4 Å². The average molecular weight is 608 g/mol. The van der Waals surface area contributed by atoms with Gasteiger partial charge in [0.25, 0.3) is 5.69 Å². The number of ether oxygens (including phenoxy) is 1. The number of ketones is 1. The molecule has 4 atom stereocenters. The maximum Gasteiger partial charge on any atom is 0.339 e. The molecule has 1 saturated heterocycles. The summed E-state index contributed by atoms with van der Waals surface area (Å²) < 4.78 is 5.35. The van der Waals surface area contributed by atoms with Crippen molar-refractivity contribution in [1.29, 1.82) is 0 Å². The highest BCUT2D eigenvalue weighted by molar-refractivity contribution is 6.31. The lowest BCUT2D eigenvalue weighted by molar-refractivity contribution is -0.384. The third kappa shape index (κ3) is 4.55. The monoisotopic (exact) mass is 607 g/mol. The highest BCUT2D eigenvalue weighted by Gasteiger charge is 2.59. The number of Topliss-reactive ketones (excluding diaryl/α,β-unsaturated/α-hetero) is 1. The summed E-state index contributed by atoms with van der Waals surface area (Å²) in [7, 11) is 0. The number of aromatic nitrogens is 1. The molecule has 0 spiro atoms. The SMILES string of the molecule is O=C(COC(=O)c1cc(-c2ccc(N3C(=O)C4C5C=CC(C5)C4C3=O)cc2)nc2ccc(Cl)cc12)c1ccc([N+](=O)[O-])cc1. The van der Waals surface area contributed by atoms with Gasteiger partial charge in [-0.25, -0.2) is 9.78 Å². The second-order valence-corrected chi connectivity index (χ2v) is 11.5. The molecule has 1 aliphatic heterocycles. The van der Waals surface area contributed by atoms with Gasteiger partial charge in [-0.1, -0.05) is 35.9 Å². The van der Waals surface area contributed by atoms with Crippen LogP contribution < -0.4 is 4.90 Å². The van der Waals surface area contributed by atoms with E-state index in [0.717, 1.165) is 6.42 Å². The minimum absolute atomic E-state index is 0.114. The number of nitro benzene ring substituents is 1. The van der Waals surface area contributed by atoms with Crippen LogP contribution >= 0.6 is 11.6 Å². The van der Waals surface area contributed by atoms with Gasteiger partial charge in [-0.05, 0) is 66.8 Å². The molecule has 4 aromatic rings. The first-order valence-corrected chi connectivity index (χ1v) is 14.3. The van der Waals surface area contributed by atoms with Crippen LogP contribution in [0.25, 0.3) is 22.2 Å². The molecule has 0 N–H and O–H groups in total. The number of hydrogen-bond donors (Lipinski definition) is 0. The summed E-state index contributed by atoms with van der Waals surface area (Å²) in [5, 5.41) is 11.7. The molecule has 11 heteroatoms. The number of amides is 2. The summed E-state index contributed by atoms with van der Waals surface area (Å²) in [5.41, 5.74) is 2.13. The predicted octanol–water partition coefficient (Wildman–Crippen LogP) is 5.81. The first-order valence-electron chi connectivity index (χ1n) is 13.9. The number of imide groups is 1. The maximum atomic E-state index is 13.3. The normalized spacial score (nSPS) is 21.6. The van der Waals surface area contributed by atoms with Crippen molar-refractivity contribution in [3.63, 3.8) is 0 Å². The minimum atomic E-state index is -0.782. The van der Waals surface area contributed by atoms with Gasteiger partial charge in [-0.15, -0.1) is 0 Å². The molecule has 2 bridgehead atoms. The molecule has 0 radical (unpaired) electrons. The molecule has 2 aliphatic carbocycles.